The summed E-state index contributed by atoms with van der Waals surface area (Å²) in [5.74, 6) is -1.05. The number of hydrogen-bond acceptors (Lipinski definition) is 7. The third-order valence-corrected chi connectivity index (χ3v) is 6.31. The van der Waals surface area contributed by atoms with Crippen molar-refractivity contribution >= 4 is 34.9 Å². The second-order valence-electron chi connectivity index (χ2n) is 7.24. The molecule has 0 aliphatic carbocycles. The first-order chi connectivity index (χ1) is 17.2. The molecule has 3 aromatic rings. The molecule has 13 heteroatoms. The van der Waals surface area contributed by atoms with E-state index in [2.05, 4.69) is 20.0 Å². The maximum absolute atomic E-state index is 12.9. The lowest BCUT2D eigenvalue weighted by Gasteiger charge is -2.12. The third-order valence-electron chi connectivity index (χ3n) is 4.73. The third kappa shape index (κ3) is 7.67. The van der Waals surface area contributed by atoms with Gasteiger partial charge in [0.2, 0.25) is 5.91 Å². The standard InChI is InChI=1S/C23H23F3N4O4S2/c1-33-13-19(31)27-11-4-12-30-18(15-6-8-16(9-7-15)34-23(24,25)26)14-36-22(30)29-20(32)17-5-3-10-28-21(17)35-2/h3,5-10,14H,4,11-13H2,1-2H3,(H,27,31). The number of halogens is 3. The van der Waals surface area contributed by atoms with Crippen LogP contribution in [0, 0.1) is 0 Å². The summed E-state index contributed by atoms with van der Waals surface area (Å²) in [5.41, 5.74) is 1.64. The molecule has 1 aromatic carbocycles. The molecule has 2 amide bonds. The second-order valence-corrected chi connectivity index (χ2v) is 8.87. The van der Waals surface area contributed by atoms with Gasteiger partial charge in [0.15, 0.2) is 4.80 Å². The average molecular weight is 541 g/mol. The lowest BCUT2D eigenvalue weighted by Crippen LogP contribution is -2.29. The fourth-order valence-electron chi connectivity index (χ4n) is 3.20. The summed E-state index contributed by atoms with van der Waals surface area (Å²) in [6.45, 7) is 0.693. The fourth-order valence-corrected chi connectivity index (χ4v) is 4.68. The van der Waals surface area contributed by atoms with Gasteiger partial charge >= 0.3 is 6.36 Å². The van der Waals surface area contributed by atoms with E-state index in [4.69, 9.17) is 4.74 Å². The Morgan fingerprint density at radius 1 is 1.22 bits per heavy atom. The molecule has 0 aliphatic rings. The summed E-state index contributed by atoms with van der Waals surface area (Å²) >= 11 is 2.56. The minimum Gasteiger partial charge on any atom is -0.406 e. The molecule has 2 heterocycles. The molecule has 0 aliphatic heterocycles. The number of amides is 2. The molecule has 0 bridgehead atoms. The number of hydrogen-bond donors (Lipinski definition) is 1. The quantitative estimate of drug-likeness (QED) is 0.307. The van der Waals surface area contributed by atoms with Crippen LogP contribution in [0.4, 0.5) is 13.2 Å². The van der Waals surface area contributed by atoms with Crippen molar-refractivity contribution in [3.63, 3.8) is 0 Å². The lowest BCUT2D eigenvalue weighted by atomic mass is 10.1. The summed E-state index contributed by atoms with van der Waals surface area (Å²) < 4.78 is 48.1. The molecule has 36 heavy (non-hydrogen) atoms. The highest BCUT2D eigenvalue weighted by Gasteiger charge is 2.31. The van der Waals surface area contributed by atoms with Crippen LogP contribution in [0.25, 0.3) is 11.3 Å². The van der Waals surface area contributed by atoms with Crippen LogP contribution in [-0.4, -0.2) is 54.2 Å². The molecule has 2 aromatic heterocycles. The molecule has 8 nitrogen and oxygen atoms in total. The molecule has 1 N–H and O–H groups in total. The van der Waals surface area contributed by atoms with E-state index in [0.717, 1.165) is 0 Å². The SMILES string of the molecule is COCC(=O)NCCCn1c(-c2ccc(OC(F)(F)F)cc2)csc1=NC(=O)c1cccnc1SC. The van der Waals surface area contributed by atoms with Gasteiger partial charge < -0.3 is 19.4 Å². The number of ether oxygens (including phenoxy) is 2. The van der Waals surface area contributed by atoms with Crippen LogP contribution in [0.2, 0.25) is 0 Å². The highest BCUT2D eigenvalue weighted by atomic mass is 32.2. The van der Waals surface area contributed by atoms with Crippen molar-refractivity contribution in [2.45, 2.75) is 24.4 Å². The van der Waals surface area contributed by atoms with E-state index >= 15 is 0 Å². The van der Waals surface area contributed by atoms with Crippen LogP contribution >= 0.6 is 23.1 Å². The highest BCUT2D eigenvalue weighted by Crippen LogP contribution is 2.27. The van der Waals surface area contributed by atoms with Crippen molar-refractivity contribution in [3.05, 3.63) is 58.3 Å². The van der Waals surface area contributed by atoms with Crippen LogP contribution < -0.4 is 14.9 Å². The van der Waals surface area contributed by atoms with Gasteiger partial charge in [-0.2, -0.15) is 4.99 Å². The average Bonchev–Trinajstić information content (AvgIpc) is 3.23. The van der Waals surface area contributed by atoms with E-state index in [9.17, 15) is 22.8 Å². The van der Waals surface area contributed by atoms with Gasteiger partial charge in [-0.1, -0.05) is 0 Å². The molecule has 192 valence electrons. The lowest BCUT2D eigenvalue weighted by molar-refractivity contribution is -0.274. The van der Waals surface area contributed by atoms with Crippen molar-refractivity contribution in [1.29, 1.82) is 0 Å². The Morgan fingerprint density at radius 3 is 2.64 bits per heavy atom. The van der Waals surface area contributed by atoms with Crippen LogP contribution in [0.1, 0.15) is 16.8 Å². The van der Waals surface area contributed by atoms with Crippen LogP contribution in [0.15, 0.2) is 58.0 Å². The van der Waals surface area contributed by atoms with E-state index in [1.807, 2.05) is 6.26 Å². The van der Waals surface area contributed by atoms with Crippen molar-refractivity contribution in [3.8, 4) is 17.0 Å². The molecular weight excluding hydrogens is 517 g/mol. The first kappa shape index (κ1) is 27.4. The summed E-state index contributed by atoms with van der Waals surface area (Å²) in [4.78, 5) is 33.5. The van der Waals surface area contributed by atoms with E-state index in [0.29, 0.717) is 46.2 Å². The number of methoxy groups -OCH3 is 1. The highest BCUT2D eigenvalue weighted by molar-refractivity contribution is 7.98. The molecular formula is C23H23F3N4O4S2. The van der Waals surface area contributed by atoms with E-state index in [-0.39, 0.29) is 18.3 Å². The van der Waals surface area contributed by atoms with Crippen molar-refractivity contribution in [2.75, 3.05) is 26.5 Å². The summed E-state index contributed by atoms with van der Waals surface area (Å²) in [6.07, 6.45) is -0.868. The number of carbonyl (C=O) groups excluding carboxylic acids is 2. The Morgan fingerprint density at radius 2 is 1.97 bits per heavy atom. The zero-order valence-electron chi connectivity index (χ0n) is 19.4. The van der Waals surface area contributed by atoms with E-state index in [1.165, 1.54) is 54.5 Å². The number of carbonyl (C=O) groups is 2. The molecule has 0 fully saturated rings. The van der Waals surface area contributed by atoms with Crippen LogP contribution in [0.5, 0.6) is 5.75 Å². The van der Waals surface area contributed by atoms with Crippen molar-refractivity contribution < 1.29 is 32.2 Å². The van der Waals surface area contributed by atoms with Gasteiger partial charge in [0.1, 0.15) is 17.4 Å². The minimum absolute atomic E-state index is 0.0544. The van der Waals surface area contributed by atoms with Crippen LogP contribution in [-0.2, 0) is 16.1 Å². The van der Waals surface area contributed by atoms with Gasteiger partial charge in [0, 0.05) is 31.8 Å². The Kier molecular flexibility index (Phi) is 9.67. The first-order valence-electron chi connectivity index (χ1n) is 10.6. The maximum Gasteiger partial charge on any atom is 0.573 e. The molecule has 0 radical (unpaired) electrons. The van der Waals surface area contributed by atoms with Crippen molar-refractivity contribution in [1.82, 2.24) is 14.9 Å². The Bertz CT molecular complexity index is 1260. The number of aromatic nitrogens is 2. The number of nitrogens with one attached hydrogen (secondary N) is 1. The fraction of sp³-hybridized carbons (Fsp3) is 0.304. The summed E-state index contributed by atoms with van der Waals surface area (Å²) in [6, 6.07) is 8.74. The molecule has 0 unspecified atom stereocenters. The Labute approximate surface area is 213 Å². The molecule has 3 rings (SSSR count). The van der Waals surface area contributed by atoms with Gasteiger partial charge in [0.25, 0.3) is 5.91 Å². The molecule has 0 saturated heterocycles. The topological polar surface area (TPSA) is 94.8 Å². The second kappa shape index (κ2) is 12.7. The van der Waals surface area contributed by atoms with Gasteiger partial charge in [-0.25, -0.2) is 4.98 Å². The predicted octanol–water partition coefficient (Wildman–Crippen LogP) is 4.13. The normalized spacial score (nSPS) is 12.0. The summed E-state index contributed by atoms with van der Waals surface area (Å²) in [7, 11) is 1.42. The Hall–Kier alpha value is -3.16. The number of alkyl halides is 3. The Balaban J connectivity index is 1.92. The summed E-state index contributed by atoms with van der Waals surface area (Å²) in [5, 5.41) is 5.05. The molecule has 0 spiro atoms. The number of benzene rings is 1. The minimum atomic E-state index is -4.79. The smallest absolute Gasteiger partial charge is 0.406 e. The van der Waals surface area contributed by atoms with E-state index in [1.54, 1.807) is 28.3 Å². The van der Waals surface area contributed by atoms with Gasteiger partial charge in [-0.3, -0.25) is 9.59 Å². The zero-order valence-corrected chi connectivity index (χ0v) is 21.0. The van der Waals surface area contributed by atoms with Crippen LogP contribution in [0.3, 0.4) is 0 Å². The monoisotopic (exact) mass is 540 g/mol. The van der Waals surface area contributed by atoms with Gasteiger partial charge in [-0.05, 0) is 54.6 Å². The maximum atomic E-state index is 12.9. The van der Waals surface area contributed by atoms with E-state index < -0.39 is 12.3 Å². The van der Waals surface area contributed by atoms with Gasteiger partial charge in [-0.15, -0.1) is 36.3 Å². The number of nitrogens with zero attached hydrogens (tertiary/aromatic N) is 3. The largest absolute Gasteiger partial charge is 0.573 e. The number of thioether (sulfide) groups is 1. The zero-order chi connectivity index (χ0) is 26.1. The predicted molar refractivity (Wildman–Crippen MR) is 130 cm³/mol. The number of pyridine rings is 1. The van der Waals surface area contributed by atoms with Crippen molar-refractivity contribution in [2.24, 2.45) is 4.99 Å². The first-order valence-corrected chi connectivity index (χ1v) is 12.7. The van der Waals surface area contributed by atoms with Gasteiger partial charge in [0.05, 0.1) is 11.3 Å². The number of thiazole rings is 1. The number of rotatable bonds is 10. The molecule has 0 saturated carbocycles. The molecule has 0 atom stereocenters.